The maximum Gasteiger partial charge on any atom is 0.0729 e. The summed E-state index contributed by atoms with van der Waals surface area (Å²) >= 11 is 0. The van der Waals surface area contributed by atoms with Crippen LogP contribution >= 0.6 is 0 Å². The number of hydrogen-bond acceptors (Lipinski definition) is 2. The summed E-state index contributed by atoms with van der Waals surface area (Å²) < 4.78 is 5.60. The quantitative estimate of drug-likeness (QED) is 0.692. The highest BCUT2D eigenvalue weighted by Gasteiger charge is 2.31. The van der Waals surface area contributed by atoms with Gasteiger partial charge in [-0.15, -0.1) is 0 Å². The zero-order valence-corrected chi connectivity index (χ0v) is 10.3. The predicted octanol–water partition coefficient (Wildman–Crippen LogP) is 2.39. The number of hydrogen-bond donors (Lipinski definition) is 0. The van der Waals surface area contributed by atoms with Gasteiger partial charge in [0.05, 0.1) is 6.10 Å². The molecule has 0 N–H and O–H groups in total. The van der Waals surface area contributed by atoms with Crippen molar-refractivity contribution in [1.82, 2.24) is 4.90 Å². The first-order valence-electron chi connectivity index (χ1n) is 5.83. The molecule has 0 amide bonds. The summed E-state index contributed by atoms with van der Waals surface area (Å²) in [5.41, 5.74) is 0. The number of piperidine rings is 1. The highest BCUT2D eigenvalue weighted by molar-refractivity contribution is 4.84. The Bertz CT molecular complexity index is 168. The molecule has 2 heteroatoms. The van der Waals surface area contributed by atoms with Gasteiger partial charge >= 0.3 is 0 Å². The molecule has 14 heavy (non-hydrogen) atoms. The summed E-state index contributed by atoms with van der Waals surface area (Å²) in [5.74, 6) is 1.49. The van der Waals surface area contributed by atoms with Crippen molar-refractivity contribution in [3.05, 3.63) is 0 Å². The molecule has 1 fully saturated rings. The van der Waals surface area contributed by atoms with E-state index in [0.717, 1.165) is 18.4 Å². The monoisotopic (exact) mass is 199 g/mol. The highest BCUT2D eigenvalue weighted by atomic mass is 16.5. The van der Waals surface area contributed by atoms with Gasteiger partial charge < -0.3 is 4.74 Å². The van der Waals surface area contributed by atoms with Gasteiger partial charge in [0.15, 0.2) is 0 Å². The Hall–Kier alpha value is -0.0800. The molecule has 2 unspecified atom stereocenters. The molecule has 84 valence electrons. The Morgan fingerprint density at radius 1 is 1.21 bits per heavy atom. The third kappa shape index (κ3) is 2.71. The lowest BCUT2D eigenvalue weighted by Crippen LogP contribution is -2.48. The maximum absolute atomic E-state index is 5.60. The third-order valence-electron chi connectivity index (χ3n) is 3.53. The Morgan fingerprint density at radius 2 is 1.86 bits per heavy atom. The minimum Gasteiger partial charge on any atom is -0.380 e. The van der Waals surface area contributed by atoms with Crippen molar-refractivity contribution in [1.29, 1.82) is 0 Å². The highest BCUT2D eigenvalue weighted by Crippen LogP contribution is 2.27. The Morgan fingerprint density at radius 3 is 2.29 bits per heavy atom. The fraction of sp³-hybridized carbons (Fsp3) is 1.00. The lowest BCUT2D eigenvalue weighted by Gasteiger charge is -2.41. The van der Waals surface area contributed by atoms with Crippen molar-refractivity contribution < 1.29 is 4.74 Å². The Labute approximate surface area is 88.6 Å². The minimum atomic E-state index is 0.436. The van der Waals surface area contributed by atoms with Crippen LogP contribution in [0.25, 0.3) is 0 Å². The van der Waals surface area contributed by atoms with Crippen LogP contribution in [0.15, 0.2) is 0 Å². The summed E-state index contributed by atoms with van der Waals surface area (Å²) in [6.07, 6.45) is 1.72. The lowest BCUT2D eigenvalue weighted by atomic mass is 9.84. The first-order chi connectivity index (χ1) is 6.56. The van der Waals surface area contributed by atoms with Crippen LogP contribution in [-0.4, -0.2) is 37.2 Å². The van der Waals surface area contributed by atoms with Crippen molar-refractivity contribution in [3.63, 3.8) is 0 Å². The van der Waals surface area contributed by atoms with Crippen LogP contribution in [0.5, 0.6) is 0 Å². The van der Waals surface area contributed by atoms with Gasteiger partial charge in [0.1, 0.15) is 0 Å². The van der Waals surface area contributed by atoms with Crippen molar-refractivity contribution in [3.8, 4) is 0 Å². The number of likely N-dealkylation sites (tertiary alicyclic amines) is 1. The standard InChI is InChI=1S/C12H25NO/c1-9(2)11-6-7-13(10(3)4)8-12(11)14-5/h9-12H,6-8H2,1-5H3. The smallest absolute Gasteiger partial charge is 0.0729 e. The second-order valence-electron chi connectivity index (χ2n) is 5.06. The fourth-order valence-electron chi connectivity index (χ4n) is 2.44. The van der Waals surface area contributed by atoms with Crippen LogP contribution < -0.4 is 0 Å². The molecule has 0 bridgehead atoms. The van der Waals surface area contributed by atoms with E-state index in [4.69, 9.17) is 4.74 Å². The van der Waals surface area contributed by atoms with Gasteiger partial charge in [-0.2, -0.15) is 0 Å². The largest absolute Gasteiger partial charge is 0.380 e. The third-order valence-corrected chi connectivity index (χ3v) is 3.53. The second kappa shape index (κ2) is 5.13. The molecule has 0 radical (unpaired) electrons. The van der Waals surface area contributed by atoms with E-state index in [0.29, 0.717) is 12.1 Å². The van der Waals surface area contributed by atoms with E-state index in [1.54, 1.807) is 0 Å². The van der Waals surface area contributed by atoms with Gasteiger partial charge in [-0.05, 0) is 38.6 Å². The Balaban J connectivity index is 2.54. The molecule has 0 saturated carbocycles. The molecular formula is C12H25NO. The normalized spacial score (nSPS) is 30.2. The first-order valence-corrected chi connectivity index (χ1v) is 5.83. The average molecular weight is 199 g/mol. The van der Waals surface area contributed by atoms with Crippen LogP contribution in [0.4, 0.5) is 0 Å². The molecule has 1 aliphatic rings. The van der Waals surface area contributed by atoms with Gasteiger partial charge in [0.25, 0.3) is 0 Å². The fourth-order valence-corrected chi connectivity index (χ4v) is 2.44. The molecule has 2 nitrogen and oxygen atoms in total. The van der Waals surface area contributed by atoms with E-state index in [-0.39, 0.29) is 0 Å². The molecule has 1 aliphatic heterocycles. The van der Waals surface area contributed by atoms with Crippen molar-refractivity contribution in [2.45, 2.75) is 46.3 Å². The summed E-state index contributed by atoms with van der Waals surface area (Å²) in [5, 5.41) is 0. The number of rotatable bonds is 3. The molecule has 1 rings (SSSR count). The SMILES string of the molecule is COC1CN(C(C)C)CCC1C(C)C. The van der Waals surface area contributed by atoms with E-state index in [9.17, 15) is 0 Å². The van der Waals surface area contributed by atoms with Crippen molar-refractivity contribution in [2.24, 2.45) is 11.8 Å². The molecular weight excluding hydrogens is 174 g/mol. The molecule has 0 aromatic rings. The van der Waals surface area contributed by atoms with Crippen LogP contribution in [0.3, 0.4) is 0 Å². The zero-order valence-electron chi connectivity index (χ0n) is 10.3. The van der Waals surface area contributed by atoms with Gasteiger partial charge in [0.2, 0.25) is 0 Å². The number of ether oxygens (including phenoxy) is 1. The molecule has 1 saturated heterocycles. The molecule has 0 aromatic carbocycles. The summed E-state index contributed by atoms with van der Waals surface area (Å²) in [6, 6.07) is 0.653. The van der Waals surface area contributed by atoms with E-state index in [1.165, 1.54) is 13.0 Å². The lowest BCUT2D eigenvalue weighted by molar-refractivity contribution is -0.0352. The molecule has 0 aliphatic carbocycles. The van der Waals surface area contributed by atoms with Gasteiger partial charge in [-0.3, -0.25) is 4.90 Å². The minimum absolute atomic E-state index is 0.436. The summed E-state index contributed by atoms with van der Waals surface area (Å²) in [7, 11) is 1.85. The molecule has 2 atom stereocenters. The van der Waals surface area contributed by atoms with E-state index in [1.807, 2.05) is 7.11 Å². The van der Waals surface area contributed by atoms with Crippen molar-refractivity contribution in [2.75, 3.05) is 20.2 Å². The summed E-state index contributed by atoms with van der Waals surface area (Å²) in [6.45, 7) is 11.5. The Kier molecular flexibility index (Phi) is 4.39. The van der Waals surface area contributed by atoms with E-state index < -0.39 is 0 Å². The summed E-state index contributed by atoms with van der Waals surface area (Å²) in [4.78, 5) is 2.52. The number of nitrogens with zero attached hydrogens (tertiary/aromatic N) is 1. The average Bonchev–Trinajstić information content (AvgIpc) is 2.16. The van der Waals surface area contributed by atoms with Gasteiger partial charge in [-0.1, -0.05) is 13.8 Å². The number of methoxy groups -OCH3 is 1. The van der Waals surface area contributed by atoms with Gasteiger partial charge in [0, 0.05) is 19.7 Å². The van der Waals surface area contributed by atoms with Crippen LogP contribution in [0.2, 0.25) is 0 Å². The molecule has 0 aromatic heterocycles. The topological polar surface area (TPSA) is 12.5 Å². The van der Waals surface area contributed by atoms with Crippen molar-refractivity contribution >= 4 is 0 Å². The zero-order chi connectivity index (χ0) is 10.7. The van der Waals surface area contributed by atoms with Crippen LogP contribution in [-0.2, 0) is 4.74 Å². The molecule has 0 spiro atoms. The first kappa shape index (κ1) is 12.0. The second-order valence-corrected chi connectivity index (χ2v) is 5.06. The van der Waals surface area contributed by atoms with Crippen LogP contribution in [0.1, 0.15) is 34.1 Å². The predicted molar refractivity (Wildman–Crippen MR) is 60.5 cm³/mol. The maximum atomic E-state index is 5.60. The van der Waals surface area contributed by atoms with E-state index >= 15 is 0 Å². The van der Waals surface area contributed by atoms with Gasteiger partial charge in [-0.25, -0.2) is 0 Å². The van der Waals surface area contributed by atoms with E-state index in [2.05, 4.69) is 32.6 Å². The molecule has 1 heterocycles. The van der Waals surface area contributed by atoms with Crippen LogP contribution in [0, 0.1) is 11.8 Å².